The van der Waals surface area contributed by atoms with Gasteiger partial charge in [-0.2, -0.15) is 5.10 Å². The minimum Gasteiger partial charge on any atom is -0.355 e. The van der Waals surface area contributed by atoms with Crippen molar-refractivity contribution in [2.24, 2.45) is 0 Å². The number of rotatable bonds is 7. The number of amides is 1. The topological polar surface area (TPSA) is 86.8 Å². The fraction of sp³-hybridized carbons (Fsp3) is 0.429. The summed E-state index contributed by atoms with van der Waals surface area (Å²) < 4.78 is 0. The highest BCUT2D eigenvalue weighted by Gasteiger charge is 2.08. The molecule has 0 fully saturated rings. The normalized spacial score (nSPS) is 10.4. The predicted octanol–water partition coefficient (Wildman–Crippen LogP) is 0.693. The van der Waals surface area contributed by atoms with Gasteiger partial charge in [-0.05, 0) is 31.4 Å². The minimum absolute atomic E-state index is 0.0335. The van der Waals surface area contributed by atoms with Crippen molar-refractivity contribution in [3.8, 4) is 0 Å². The summed E-state index contributed by atoms with van der Waals surface area (Å²) in [5.41, 5.74) is 2.28. The van der Waals surface area contributed by atoms with Gasteiger partial charge in [-0.15, -0.1) is 0 Å². The number of likely N-dealkylation sites (N-methyl/N-ethyl adjacent to an activating group) is 1. The molecule has 21 heavy (non-hydrogen) atoms. The van der Waals surface area contributed by atoms with E-state index in [2.05, 4.69) is 25.5 Å². The van der Waals surface area contributed by atoms with Gasteiger partial charge in [-0.1, -0.05) is 0 Å². The molecule has 7 heteroatoms. The van der Waals surface area contributed by atoms with Crippen LogP contribution in [0.1, 0.15) is 17.7 Å². The van der Waals surface area contributed by atoms with E-state index in [1.165, 1.54) is 5.56 Å². The Kier molecular flexibility index (Phi) is 5.25. The van der Waals surface area contributed by atoms with Gasteiger partial charge in [-0.3, -0.25) is 9.89 Å². The van der Waals surface area contributed by atoms with Crippen LogP contribution in [0.15, 0.2) is 24.7 Å². The number of H-pyrrole nitrogens is 1. The van der Waals surface area contributed by atoms with Crippen LogP contribution in [-0.2, 0) is 11.2 Å². The van der Waals surface area contributed by atoms with Crippen molar-refractivity contribution >= 4 is 11.9 Å². The first kappa shape index (κ1) is 15.0. The maximum absolute atomic E-state index is 11.8. The maximum atomic E-state index is 11.8. The monoisotopic (exact) mass is 288 g/mol. The summed E-state index contributed by atoms with van der Waals surface area (Å²) >= 11 is 0. The van der Waals surface area contributed by atoms with Crippen molar-refractivity contribution in [1.82, 2.24) is 25.5 Å². The maximum Gasteiger partial charge on any atom is 0.239 e. The summed E-state index contributed by atoms with van der Waals surface area (Å²) in [6.07, 6.45) is 6.93. The van der Waals surface area contributed by atoms with Crippen molar-refractivity contribution in [3.63, 3.8) is 0 Å². The Morgan fingerprint density at radius 1 is 1.38 bits per heavy atom. The lowest BCUT2D eigenvalue weighted by atomic mass is 10.1. The van der Waals surface area contributed by atoms with Gasteiger partial charge in [0, 0.05) is 31.7 Å². The second-order valence-corrected chi connectivity index (χ2v) is 4.88. The van der Waals surface area contributed by atoms with Gasteiger partial charge in [0.1, 0.15) is 0 Å². The second-order valence-electron chi connectivity index (χ2n) is 4.88. The number of nitrogens with zero attached hydrogens (tertiary/aromatic N) is 4. The number of anilines is 1. The first-order valence-electron chi connectivity index (χ1n) is 6.90. The molecule has 0 atom stereocenters. The van der Waals surface area contributed by atoms with E-state index < -0.39 is 0 Å². The highest BCUT2D eigenvalue weighted by atomic mass is 16.2. The summed E-state index contributed by atoms with van der Waals surface area (Å²) in [7, 11) is 1.80. The van der Waals surface area contributed by atoms with Gasteiger partial charge >= 0.3 is 0 Å². The van der Waals surface area contributed by atoms with Crippen molar-refractivity contribution in [2.75, 3.05) is 25.0 Å². The Labute approximate surface area is 123 Å². The van der Waals surface area contributed by atoms with Crippen molar-refractivity contribution in [1.29, 1.82) is 0 Å². The van der Waals surface area contributed by atoms with Gasteiger partial charge in [0.05, 0.1) is 12.7 Å². The Morgan fingerprint density at radius 2 is 2.14 bits per heavy atom. The first-order valence-corrected chi connectivity index (χ1v) is 6.90. The van der Waals surface area contributed by atoms with E-state index >= 15 is 0 Å². The number of aromatic nitrogens is 4. The third-order valence-corrected chi connectivity index (χ3v) is 3.15. The molecule has 1 amide bonds. The molecular formula is C14H20N6O. The van der Waals surface area contributed by atoms with Gasteiger partial charge in [0.2, 0.25) is 11.9 Å². The second kappa shape index (κ2) is 7.37. The fourth-order valence-corrected chi connectivity index (χ4v) is 1.96. The molecule has 0 bridgehead atoms. The average molecular weight is 288 g/mol. The molecule has 0 aromatic carbocycles. The Morgan fingerprint density at radius 3 is 2.81 bits per heavy atom. The third-order valence-electron chi connectivity index (χ3n) is 3.15. The fourth-order valence-electron chi connectivity index (χ4n) is 1.96. The predicted molar refractivity (Wildman–Crippen MR) is 80.0 cm³/mol. The first-order chi connectivity index (χ1) is 10.2. The molecule has 0 saturated heterocycles. The summed E-state index contributed by atoms with van der Waals surface area (Å²) in [6.45, 7) is 2.89. The van der Waals surface area contributed by atoms with Gasteiger partial charge in [-0.25, -0.2) is 9.97 Å². The van der Waals surface area contributed by atoms with Gasteiger partial charge in [0.25, 0.3) is 0 Å². The molecule has 112 valence electrons. The van der Waals surface area contributed by atoms with Crippen LogP contribution in [0.2, 0.25) is 0 Å². The van der Waals surface area contributed by atoms with E-state index in [4.69, 9.17) is 0 Å². The number of nitrogens with one attached hydrogen (secondary N) is 2. The van der Waals surface area contributed by atoms with E-state index in [0.29, 0.717) is 12.5 Å². The zero-order valence-electron chi connectivity index (χ0n) is 12.3. The van der Waals surface area contributed by atoms with Crippen LogP contribution >= 0.6 is 0 Å². The molecular weight excluding hydrogens is 268 g/mol. The Bertz CT molecular complexity index is 568. The Hall–Kier alpha value is -2.44. The van der Waals surface area contributed by atoms with Crippen LogP contribution in [0.3, 0.4) is 0 Å². The molecule has 0 aliphatic carbocycles. The number of hydrogen-bond acceptors (Lipinski definition) is 5. The average Bonchev–Trinajstić information content (AvgIpc) is 2.90. The molecule has 2 N–H and O–H groups in total. The molecule has 2 rings (SSSR count). The van der Waals surface area contributed by atoms with Crippen molar-refractivity contribution in [3.05, 3.63) is 35.9 Å². The van der Waals surface area contributed by atoms with E-state index in [1.54, 1.807) is 30.4 Å². The highest BCUT2D eigenvalue weighted by Crippen LogP contribution is 2.05. The molecule has 7 nitrogen and oxygen atoms in total. The smallest absolute Gasteiger partial charge is 0.239 e. The number of aromatic amines is 1. The van der Waals surface area contributed by atoms with E-state index in [-0.39, 0.29) is 12.5 Å². The standard InChI is InChI=1S/C14H20N6O/c1-11-12(9-18-19-11)5-3-6-15-13(21)10-20(2)14-16-7-4-8-17-14/h4,7-9H,3,5-6,10H2,1-2H3,(H,15,21)(H,18,19). The number of carbonyl (C=O) groups is 1. The van der Waals surface area contributed by atoms with Gasteiger partial charge < -0.3 is 10.2 Å². The lowest BCUT2D eigenvalue weighted by molar-refractivity contribution is -0.119. The van der Waals surface area contributed by atoms with Crippen LogP contribution in [0.25, 0.3) is 0 Å². The molecule has 0 radical (unpaired) electrons. The summed E-state index contributed by atoms with van der Waals surface area (Å²) in [4.78, 5) is 21.7. The van der Waals surface area contributed by atoms with E-state index in [9.17, 15) is 4.79 Å². The molecule has 0 saturated carbocycles. The summed E-state index contributed by atoms with van der Waals surface area (Å²) in [5, 5.41) is 9.78. The number of carbonyl (C=O) groups excluding carboxylic acids is 1. The molecule has 0 spiro atoms. The summed E-state index contributed by atoms with van der Waals surface area (Å²) in [5.74, 6) is 0.510. The van der Waals surface area contributed by atoms with Crippen molar-refractivity contribution < 1.29 is 4.79 Å². The van der Waals surface area contributed by atoms with Crippen LogP contribution in [0.4, 0.5) is 5.95 Å². The largest absolute Gasteiger partial charge is 0.355 e. The number of aryl methyl sites for hydroxylation is 2. The lowest BCUT2D eigenvalue weighted by Crippen LogP contribution is -2.36. The third kappa shape index (κ3) is 4.55. The van der Waals surface area contributed by atoms with Crippen LogP contribution in [0, 0.1) is 6.92 Å². The summed E-state index contributed by atoms with van der Waals surface area (Å²) in [6, 6.07) is 1.75. The molecule has 0 aliphatic rings. The van der Waals surface area contributed by atoms with Crippen LogP contribution < -0.4 is 10.2 Å². The van der Waals surface area contributed by atoms with Crippen molar-refractivity contribution in [2.45, 2.75) is 19.8 Å². The molecule has 2 heterocycles. The van der Waals surface area contributed by atoms with Crippen LogP contribution in [-0.4, -0.2) is 46.2 Å². The molecule has 2 aromatic rings. The molecule has 2 aromatic heterocycles. The zero-order chi connectivity index (χ0) is 15.1. The van der Waals surface area contributed by atoms with Crippen LogP contribution in [0.5, 0.6) is 0 Å². The molecule has 0 unspecified atom stereocenters. The number of hydrogen-bond donors (Lipinski definition) is 2. The lowest BCUT2D eigenvalue weighted by Gasteiger charge is -2.15. The SMILES string of the molecule is Cc1[nH]ncc1CCCNC(=O)CN(C)c1ncccn1. The van der Waals surface area contributed by atoms with E-state index in [0.717, 1.165) is 18.5 Å². The highest BCUT2D eigenvalue weighted by molar-refractivity contribution is 5.80. The Balaban J connectivity index is 1.67. The minimum atomic E-state index is -0.0335. The van der Waals surface area contributed by atoms with Gasteiger partial charge in [0.15, 0.2) is 0 Å². The zero-order valence-corrected chi connectivity index (χ0v) is 12.3. The van der Waals surface area contributed by atoms with E-state index in [1.807, 2.05) is 13.1 Å². The quantitative estimate of drug-likeness (QED) is 0.732. The molecule has 0 aliphatic heterocycles.